The Labute approximate surface area is 115 Å². The topological polar surface area (TPSA) is 39.1 Å². The van der Waals surface area contributed by atoms with Gasteiger partial charge in [-0.25, -0.2) is 4.98 Å². The number of imidazole rings is 1. The monoisotopic (exact) mass is 309 g/mol. The van der Waals surface area contributed by atoms with Crippen molar-refractivity contribution in [3.05, 3.63) is 46.5 Å². The molecule has 0 saturated heterocycles. The molecule has 0 aliphatic rings. The molecule has 1 N–H and O–H groups in total. The number of hydrogen-bond donors (Lipinski definition) is 1. The molecule has 0 saturated carbocycles. The molecule has 0 fully saturated rings. The zero-order valence-electron chi connectivity index (χ0n) is 10.5. The van der Waals surface area contributed by atoms with Gasteiger partial charge in [-0.15, -0.1) is 0 Å². The minimum atomic E-state index is 0.749. The summed E-state index contributed by atoms with van der Waals surface area (Å²) in [5.41, 5.74) is 2.16. The SMILES string of the molecule is CNCc1cn(Cc2cc(Br)ccc2OC)cn1. The maximum atomic E-state index is 5.36. The van der Waals surface area contributed by atoms with E-state index < -0.39 is 0 Å². The molecule has 96 valence electrons. The van der Waals surface area contributed by atoms with Gasteiger partial charge < -0.3 is 14.6 Å². The molecule has 0 aliphatic carbocycles. The van der Waals surface area contributed by atoms with Crippen molar-refractivity contribution in [2.75, 3.05) is 14.2 Å². The third kappa shape index (κ3) is 3.11. The van der Waals surface area contributed by atoms with Crippen LogP contribution in [0, 0.1) is 0 Å². The predicted octanol–water partition coefficient (Wildman–Crippen LogP) is 2.42. The predicted molar refractivity (Wildman–Crippen MR) is 74.8 cm³/mol. The number of halogens is 1. The maximum Gasteiger partial charge on any atom is 0.123 e. The van der Waals surface area contributed by atoms with Crippen molar-refractivity contribution >= 4 is 15.9 Å². The zero-order chi connectivity index (χ0) is 13.0. The highest BCUT2D eigenvalue weighted by Crippen LogP contribution is 2.23. The summed E-state index contributed by atoms with van der Waals surface area (Å²) in [6.07, 6.45) is 3.88. The summed E-state index contributed by atoms with van der Waals surface area (Å²) in [5.74, 6) is 0.891. The molecular formula is C13H16BrN3O. The number of benzene rings is 1. The first-order valence-electron chi connectivity index (χ1n) is 5.70. The highest BCUT2D eigenvalue weighted by atomic mass is 79.9. The third-order valence-electron chi connectivity index (χ3n) is 2.64. The Kier molecular flexibility index (Phi) is 4.38. The van der Waals surface area contributed by atoms with Crippen LogP contribution in [0.5, 0.6) is 5.75 Å². The van der Waals surface area contributed by atoms with E-state index in [4.69, 9.17) is 4.74 Å². The van der Waals surface area contributed by atoms with Gasteiger partial charge in [0, 0.05) is 22.8 Å². The summed E-state index contributed by atoms with van der Waals surface area (Å²) in [6.45, 7) is 1.53. The highest BCUT2D eigenvalue weighted by Gasteiger charge is 2.05. The Morgan fingerprint density at radius 2 is 2.28 bits per heavy atom. The second-order valence-electron chi connectivity index (χ2n) is 4.02. The van der Waals surface area contributed by atoms with E-state index >= 15 is 0 Å². The molecule has 0 spiro atoms. The van der Waals surface area contributed by atoms with Gasteiger partial charge in [-0.1, -0.05) is 15.9 Å². The Morgan fingerprint density at radius 3 is 3.00 bits per heavy atom. The smallest absolute Gasteiger partial charge is 0.123 e. The first-order valence-corrected chi connectivity index (χ1v) is 6.50. The molecule has 1 aromatic heterocycles. The molecule has 0 atom stereocenters. The van der Waals surface area contributed by atoms with Crippen LogP contribution in [-0.2, 0) is 13.1 Å². The van der Waals surface area contributed by atoms with Crippen molar-refractivity contribution in [1.82, 2.24) is 14.9 Å². The molecule has 0 amide bonds. The van der Waals surface area contributed by atoms with Crippen LogP contribution in [0.4, 0.5) is 0 Å². The summed E-state index contributed by atoms with van der Waals surface area (Å²) >= 11 is 3.48. The fourth-order valence-corrected chi connectivity index (χ4v) is 2.24. The standard InChI is InChI=1S/C13H16BrN3O/c1-15-6-12-8-17(9-16-12)7-10-5-11(14)3-4-13(10)18-2/h3-5,8-9,15H,6-7H2,1-2H3. The summed E-state index contributed by atoms with van der Waals surface area (Å²) in [7, 11) is 3.60. The van der Waals surface area contributed by atoms with Crippen molar-refractivity contribution in [3.63, 3.8) is 0 Å². The van der Waals surface area contributed by atoms with Crippen LogP contribution in [0.25, 0.3) is 0 Å². The molecule has 0 bridgehead atoms. The van der Waals surface area contributed by atoms with Crippen LogP contribution >= 0.6 is 15.9 Å². The van der Waals surface area contributed by atoms with Gasteiger partial charge in [0.2, 0.25) is 0 Å². The molecule has 0 aliphatic heterocycles. The highest BCUT2D eigenvalue weighted by molar-refractivity contribution is 9.10. The summed E-state index contributed by atoms with van der Waals surface area (Å²) in [4.78, 5) is 4.33. The molecular weight excluding hydrogens is 294 g/mol. The van der Waals surface area contributed by atoms with E-state index in [1.54, 1.807) is 7.11 Å². The van der Waals surface area contributed by atoms with Crippen LogP contribution in [-0.4, -0.2) is 23.7 Å². The molecule has 2 rings (SSSR count). The minimum absolute atomic E-state index is 0.749. The molecule has 1 heterocycles. The lowest BCUT2D eigenvalue weighted by atomic mass is 10.2. The fourth-order valence-electron chi connectivity index (χ4n) is 1.83. The average Bonchev–Trinajstić information content (AvgIpc) is 2.77. The van der Waals surface area contributed by atoms with E-state index in [0.717, 1.165) is 34.6 Å². The first kappa shape index (κ1) is 13.1. The number of nitrogens with one attached hydrogen (secondary N) is 1. The lowest BCUT2D eigenvalue weighted by Crippen LogP contribution is -2.05. The number of rotatable bonds is 5. The summed E-state index contributed by atoms with van der Waals surface area (Å²) in [6, 6.07) is 6.00. The number of methoxy groups -OCH3 is 1. The Bertz CT molecular complexity index is 525. The maximum absolute atomic E-state index is 5.36. The summed E-state index contributed by atoms with van der Waals surface area (Å²) in [5, 5.41) is 3.08. The van der Waals surface area contributed by atoms with Gasteiger partial charge in [0.05, 0.1) is 25.7 Å². The third-order valence-corrected chi connectivity index (χ3v) is 3.13. The fraction of sp³-hybridized carbons (Fsp3) is 0.308. The molecule has 4 nitrogen and oxygen atoms in total. The summed E-state index contributed by atoms with van der Waals surface area (Å²) < 4.78 is 8.46. The van der Waals surface area contributed by atoms with E-state index in [0.29, 0.717) is 0 Å². The Morgan fingerprint density at radius 1 is 1.44 bits per heavy atom. The van der Waals surface area contributed by atoms with Crippen LogP contribution in [0.2, 0.25) is 0 Å². The van der Waals surface area contributed by atoms with E-state index in [1.165, 1.54) is 0 Å². The van der Waals surface area contributed by atoms with Gasteiger partial charge in [0.25, 0.3) is 0 Å². The normalized spacial score (nSPS) is 10.6. The van der Waals surface area contributed by atoms with Gasteiger partial charge in [-0.3, -0.25) is 0 Å². The van der Waals surface area contributed by atoms with Crippen molar-refractivity contribution in [1.29, 1.82) is 0 Å². The second-order valence-corrected chi connectivity index (χ2v) is 4.94. The first-order chi connectivity index (χ1) is 8.72. The van der Waals surface area contributed by atoms with E-state index in [2.05, 4.69) is 36.9 Å². The molecule has 1 aromatic carbocycles. The minimum Gasteiger partial charge on any atom is -0.496 e. The van der Waals surface area contributed by atoms with Gasteiger partial charge >= 0.3 is 0 Å². The Hall–Kier alpha value is -1.33. The largest absolute Gasteiger partial charge is 0.496 e. The van der Waals surface area contributed by atoms with Crippen LogP contribution < -0.4 is 10.1 Å². The number of hydrogen-bond acceptors (Lipinski definition) is 3. The lowest BCUT2D eigenvalue weighted by Gasteiger charge is -2.09. The van der Waals surface area contributed by atoms with Gasteiger partial charge in [-0.2, -0.15) is 0 Å². The molecule has 0 radical (unpaired) electrons. The quantitative estimate of drug-likeness (QED) is 0.922. The lowest BCUT2D eigenvalue weighted by molar-refractivity contribution is 0.408. The van der Waals surface area contributed by atoms with Crippen molar-refractivity contribution in [3.8, 4) is 5.75 Å². The number of ether oxygens (including phenoxy) is 1. The van der Waals surface area contributed by atoms with E-state index in [-0.39, 0.29) is 0 Å². The van der Waals surface area contributed by atoms with Crippen molar-refractivity contribution < 1.29 is 4.74 Å². The van der Waals surface area contributed by atoms with Gasteiger partial charge in [-0.05, 0) is 25.2 Å². The van der Waals surface area contributed by atoms with Crippen molar-refractivity contribution in [2.45, 2.75) is 13.1 Å². The van der Waals surface area contributed by atoms with Gasteiger partial charge in [0.1, 0.15) is 5.75 Å². The van der Waals surface area contributed by atoms with E-state index in [9.17, 15) is 0 Å². The average molecular weight is 310 g/mol. The number of aromatic nitrogens is 2. The van der Waals surface area contributed by atoms with E-state index in [1.807, 2.05) is 31.7 Å². The van der Waals surface area contributed by atoms with Crippen LogP contribution in [0.1, 0.15) is 11.3 Å². The number of nitrogens with zero attached hydrogens (tertiary/aromatic N) is 2. The Balaban J connectivity index is 2.19. The van der Waals surface area contributed by atoms with Crippen molar-refractivity contribution in [2.24, 2.45) is 0 Å². The van der Waals surface area contributed by atoms with Crippen LogP contribution in [0.3, 0.4) is 0 Å². The molecule has 0 unspecified atom stereocenters. The van der Waals surface area contributed by atoms with Crippen LogP contribution in [0.15, 0.2) is 35.2 Å². The molecule has 5 heteroatoms. The molecule has 18 heavy (non-hydrogen) atoms. The second kappa shape index (κ2) is 6.02. The molecule has 2 aromatic rings. The van der Waals surface area contributed by atoms with Gasteiger partial charge in [0.15, 0.2) is 0 Å². The zero-order valence-corrected chi connectivity index (χ0v) is 12.1.